The molecule has 0 spiro atoms. The van der Waals surface area contributed by atoms with Crippen LogP contribution in [0.3, 0.4) is 0 Å². The average molecular weight is 340 g/mol. The SMILES string of the molecule is CC(C)(C)NCC1CCCN(Cc2ccc(Br)cn2)C1. The number of nitrogens with one attached hydrogen (secondary N) is 1. The molecule has 0 aliphatic carbocycles. The fourth-order valence-corrected chi connectivity index (χ4v) is 2.88. The Bertz CT molecular complexity index is 411. The lowest BCUT2D eigenvalue weighted by Gasteiger charge is -2.34. The molecule has 20 heavy (non-hydrogen) atoms. The van der Waals surface area contributed by atoms with Crippen molar-refractivity contribution in [1.82, 2.24) is 15.2 Å². The van der Waals surface area contributed by atoms with E-state index in [0.29, 0.717) is 0 Å². The molecule has 1 unspecified atom stereocenters. The van der Waals surface area contributed by atoms with E-state index in [1.165, 1.54) is 25.9 Å². The Labute approximate surface area is 131 Å². The van der Waals surface area contributed by atoms with E-state index in [1.807, 2.05) is 6.20 Å². The predicted molar refractivity (Wildman–Crippen MR) is 87.7 cm³/mol. The monoisotopic (exact) mass is 339 g/mol. The zero-order valence-corrected chi connectivity index (χ0v) is 14.4. The number of likely N-dealkylation sites (tertiary alicyclic amines) is 1. The first-order valence-corrected chi connectivity index (χ1v) is 8.29. The van der Waals surface area contributed by atoms with Gasteiger partial charge in [-0.2, -0.15) is 0 Å². The molecule has 1 atom stereocenters. The highest BCUT2D eigenvalue weighted by Crippen LogP contribution is 2.19. The predicted octanol–water partition coefficient (Wildman–Crippen LogP) is 3.44. The van der Waals surface area contributed by atoms with Gasteiger partial charge in [-0.1, -0.05) is 0 Å². The van der Waals surface area contributed by atoms with Crippen LogP contribution in [0, 0.1) is 5.92 Å². The molecule has 1 N–H and O–H groups in total. The van der Waals surface area contributed by atoms with Gasteiger partial charge >= 0.3 is 0 Å². The first-order chi connectivity index (χ1) is 9.42. The molecule has 1 aliphatic rings. The number of piperidine rings is 1. The summed E-state index contributed by atoms with van der Waals surface area (Å²) < 4.78 is 1.05. The van der Waals surface area contributed by atoms with Crippen molar-refractivity contribution in [3.63, 3.8) is 0 Å². The molecule has 0 amide bonds. The summed E-state index contributed by atoms with van der Waals surface area (Å²) in [7, 11) is 0. The van der Waals surface area contributed by atoms with E-state index in [4.69, 9.17) is 0 Å². The molecule has 0 aromatic carbocycles. The molecule has 1 aliphatic heterocycles. The number of nitrogens with zero attached hydrogens (tertiary/aromatic N) is 2. The smallest absolute Gasteiger partial charge is 0.0544 e. The van der Waals surface area contributed by atoms with Gasteiger partial charge in [-0.25, -0.2) is 0 Å². The molecule has 3 nitrogen and oxygen atoms in total. The van der Waals surface area contributed by atoms with Crippen LogP contribution in [0.15, 0.2) is 22.8 Å². The standard InChI is InChI=1S/C16H26BrN3/c1-16(2,3)19-9-13-5-4-8-20(11-13)12-15-7-6-14(17)10-18-15/h6-7,10,13,19H,4-5,8-9,11-12H2,1-3H3. The maximum absolute atomic E-state index is 4.48. The lowest BCUT2D eigenvalue weighted by molar-refractivity contribution is 0.158. The third-order valence-electron chi connectivity index (χ3n) is 3.70. The molecule has 0 saturated carbocycles. The minimum Gasteiger partial charge on any atom is -0.312 e. The van der Waals surface area contributed by atoms with Crippen LogP contribution in [0.5, 0.6) is 0 Å². The summed E-state index contributed by atoms with van der Waals surface area (Å²) >= 11 is 3.43. The summed E-state index contributed by atoms with van der Waals surface area (Å²) in [6.07, 6.45) is 4.53. The van der Waals surface area contributed by atoms with E-state index in [2.05, 4.69) is 64.0 Å². The Hall–Kier alpha value is -0.450. The average Bonchev–Trinajstić information content (AvgIpc) is 2.39. The highest BCUT2D eigenvalue weighted by molar-refractivity contribution is 9.10. The Balaban J connectivity index is 1.82. The van der Waals surface area contributed by atoms with Crippen LogP contribution >= 0.6 is 15.9 Å². The lowest BCUT2D eigenvalue weighted by atomic mass is 9.96. The zero-order chi connectivity index (χ0) is 14.6. The van der Waals surface area contributed by atoms with Gasteiger partial charge in [0.1, 0.15) is 0 Å². The van der Waals surface area contributed by atoms with Gasteiger partial charge < -0.3 is 5.32 Å². The minimum absolute atomic E-state index is 0.218. The van der Waals surface area contributed by atoms with Crippen LogP contribution in [0.25, 0.3) is 0 Å². The number of hydrogen-bond donors (Lipinski definition) is 1. The number of hydrogen-bond acceptors (Lipinski definition) is 3. The van der Waals surface area contributed by atoms with Crippen molar-refractivity contribution in [1.29, 1.82) is 0 Å². The van der Waals surface area contributed by atoms with Gasteiger partial charge in [-0.05, 0) is 80.7 Å². The molecule has 1 saturated heterocycles. The molecule has 2 heterocycles. The van der Waals surface area contributed by atoms with Gasteiger partial charge in [0.25, 0.3) is 0 Å². The van der Waals surface area contributed by atoms with Crippen LogP contribution in [0.1, 0.15) is 39.3 Å². The van der Waals surface area contributed by atoms with Gasteiger partial charge in [0.2, 0.25) is 0 Å². The largest absolute Gasteiger partial charge is 0.312 e. The number of aromatic nitrogens is 1. The lowest BCUT2D eigenvalue weighted by Crippen LogP contribution is -2.44. The highest BCUT2D eigenvalue weighted by atomic mass is 79.9. The Morgan fingerprint density at radius 1 is 1.40 bits per heavy atom. The fourth-order valence-electron chi connectivity index (χ4n) is 2.64. The van der Waals surface area contributed by atoms with Crippen LogP contribution < -0.4 is 5.32 Å². The molecule has 4 heteroatoms. The third-order valence-corrected chi connectivity index (χ3v) is 4.17. The van der Waals surface area contributed by atoms with E-state index >= 15 is 0 Å². The number of pyridine rings is 1. The molecular formula is C16H26BrN3. The van der Waals surface area contributed by atoms with Gasteiger partial charge in [0, 0.05) is 29.3 Å². The molecule has 1 aromatic rings. The Morgan fingerprint density at radius 3 is 2.85 bits per heavy atom. The normalized spacial score (nSPS) is 21.1. The Morgan fingerprint density at radius 2 is 2.20 bits per heavy atom. The third kappa shape index (κ3) is 5.51. The summed E-state index contributed by atoms with van der Waals surface area (Å²) in [6, 6.07) is 4.19. The van der Waals surface area contributed by atoms with Crippen molar-refractivity contribution in [3.05, 3.63) is 28.5 Å². The van der Waals surface area contributed by atoms with E-state index in [1.54, 1.807) is 0 Å². The molecular weight excluding hydrogens is 314 g/mol. The summed E-state index contributed by atoms with van der Waals surface area (Å²) in [5.74, 6) is 0.762. The van der Waals surface area contributed by atoms with E-state index in [0.717, 1.165) is 29.2 Å². The second kappa shape index (κ2) is 7.01. The Kier molecular flexibility index (Phi) is 5.58. The highest BCUT2D eigenvalue weighted by Gasteiger charge is 2.21. The van der Waals surface area contributed by atoms with Crippen molar-refractivity contribution >= 4 is 15.9 Å². The minimum atomic E-state index is 0.218. The van der Waals surface area contributed by atoms with Gasteiger partial charge in [-0.3, -0.25) is 9.88 Å². The fraction of sp³-hybridized carbons (Fsp3) is 0.688. The number of rotatable bonds is 4. The van der Waals surface area contributed by atoms with E-state index in [-0.39, 0.29) is 5.54 Å². The van der Waals surface area contributed by atoms with Gasteiger partial charge in [-0.15, -0.1) is 0 Å². The van der Waals surface area contributed by atoms with Gasteiger partial charge in [0.15, 0.2) is 0 Å². The maximum Gasteiger partial charge on any atom is 0.0544 e. The zero-order valence-electron chi connectivity index (χ0n) is 12.8. The van der Waals surface area contributed by atoms with E-state index < -0.39 is 0 Å². The molecule has 1 aromatic heterocycles. The first kappa shape index (κ1) is 15.9. The van der Waals surface area contributed by atoms with Crippen LogP contribution in [0.2, 0.25) is 0 Å². The van der Waals surface area contributed by atoms with Crippen molar-refractivity contribution in [3.8, 4) is 0 Å². The van der Waals surface area contributed by atoms with Crippen molar-refractivity contribution < 1.29 is 0 Å². The molecule has 0 bridgehead atoms. The summed E-state index contributed by atoms with van der Waals surface area (Å²) in [5, 5.41) is 3.63. The second-order valence-corrected chi connectivity index (χ2v) is 7.76. The summed E-state index contributed by atoms with van der Waals surface area (Å²) in [6.45, 7) is 11.2. The van der Waals surface area contributed by atoms with Crippen molar-refractivity contribution in [2.75, 3.05) is 19.6 Å². The topological polar surface area (TPSA) is 28.2 Å². The van der Waals surface area contributed by atoms with Crippen LogP contribution in [-0.2, 0) is 6.54 Å². The van der Waals surface area contributed by atoms with Crippen LogP contribution in [-0.4, -0.2) is 35.1 Å². The van der Waals surface area contributed by atoms with Crippen LogP contribution in [0.4, 0.5) is 0 Å². The summed E-state index contributed by atoms with van der Waals surface area (Å²) in [4.78, 5) is 7.01. The van der Waals surface area contributed by atoms with Gasteiger partial charge in [0.05, 0.1) is 5.69 Å². The van der Waals surface area contributed by atoms with Crippen molar-refractivity contribution in [2.24, 2.45) is 5.92 Å². The number of halogens is 1. The van der Waals surface area contributed by atoms with E-state index in [9.17, 15) is 0 Å². The van der Waals surface area contributed by atoms with Crippen molar-refractivity contribution in [2.45, 2.75) is 45.7 Å². The summed E-state index contributed by atoms with van der Waals surface area (Å²) in [5.41, 5.74) is 1.38. The molecule has 112 valence electrons. The molecule has 0 radical (unpaired) electrons. The quantitative estimate of drug-likeness (QED) is 0.910. The molecule has 2 rings (SSSR count). The maximum atomic E-state index is 4.48. The first-order valence-electron chi connectivity index (χ1n) is 7.50. The second-order valence-electron chi connectivity index (χ2n) is 6.84. The molecule has 1 fully saturated rings.